The second-order valence-electron chi connectivity index (χ2n) is 12.8. The van der Waals surface area contributed by atoms with Gasteiger partial charge in [-0.2, -0.15) is 0 Å². The zero-order valence-electron chi connectivity index (χ0n) is 26.8. The molecule has 11 heteroatoms. The van der Waals surface area contributed by atoms with Crippen LogP contribution in [0.4, 0.5) is 11.4 Å². The molecule has 3 aromatic carbocycles. The number of H-pyrrole nitrogens is 1. The van der Waals surface area contributed by atoms with Crippen LogP contribution in [0.3, 0.4) is 0 Å². The van der Waals surface area contributed by atoms with E-state index in [1.807, 2.05) is 42.5 Å². The molecule has 3 saturated heterocycles. The van der Waals surface area contributed by atoms with Crippen LogP contribution in [0.15, 0.2) is 82.7 Å². The Labute approximate surface area is 277 Å². The number of sulfonamides is 1. The molecule has 7 rings (SSSR count). The summed E-state index contributed by atoms with van der Waals surface area (Å²) < 4.78 is 35.0. The molecular formula is C36H44N6O4S. The Balaban J connectivity index is 1.13. The molecule has 3 aliphatic rings. The van der Waals surface area contributed by atoms with Crippen molar-refractivity contribution >= 4 is 38.0 Å². The second kappa shape index (κ2) is 14.2. The van der Waals surface area contributed by atoms with Crippen LogP contribution in [0.2, 0.25) is 0 Å². The number of hydrogen-bond acceptors (Lipinski definition) is 8. The molecule has 3 N–H and O–H groups in total. The lowest BCUT2D eigenvalue weighted by atomic mass is 10.0. The van der Waals surface area contributed by atoms with Gasteiger partial charge in [0.15, 0.2) is 5.88 Å². The topological polar surface area (TPSA) is 113 Å². The molecule has 0 bridgehead atoms. The number of aromatic nitrogens is 1. The van der Waals surface area contributed by atoms with Crippen molar-refractivity contribution in [3.05, 3.63) is 83.9 Å². The minimum Gasteiger partial charge on any atom is -0.494 e. The van der Waals surface area contributed by atoms with Crippen LogP contribution in [0.5, 0.6) is 5.88 Å². The number of likely N-dealkylation sites (tertiary alicyclic amines) is 1. The lowest BCUT2D eigenvalue weighted by Gasteiger charge is -2.36. The number of hydrogen-bond donors (Lipinski definition) is 3. The first-order valence-electron chi connectivity index (χ1n) is 16.8. The molecule has 0 unspecified atom stereocenters. The molecule has 0 atom stereocenters. The third-order valence-corrected chi connectivity index (χ3v) is 11.2. The van der Waals surface area contributed by atoms with E-state index in [1.165, 1.54) is 38.2 Å². The number of rotatable bonds is 10. The summed E-state index contributed by atoms with van der Waals surface area (Å²) in [5.41, 5.74) is 4.37. The number of ether oxygens (including phenoxy) is 1. The lowest BCUT2D eigenvalue weighted by Crippen LogP contribution is -2.48. The van der Waals surface area contributed by atoms with E-state index >= 15 is 0 Å². The predicted octanol–water partition coefficient (Wildman–Crippen LogP) is 4.72. The van der Waals surface area contributed by atoms with E-state index < -0.39 is 10.0 Å². The molecule has 0 saturated carbocycles. The summed E-state index contributed by atoms with van der Waals surface area (Å²) in [4.78, 5) is 15.8. The molecule has 1 aromatic heterocycles. The molecular weight excluding hydrogens is 613 g/mol. The molecule has 0 amide bonds. The van der Waals surface area contributed by atoms with Gasteiger partial charge in [-0.25, -0.2) is 18.1 Å². The average molecular weight is 657 g/mol. The molecule has 47 heavy (non-hydrogen) atoms. The summed E-state index contributed by atoms with van der Waals surface area (Å²) in [5, 5.41) is 11.8. The summed E-state index contributed by atoms with van der Waals surface area (Å²) in [6, 6.07) is 22.6. The van der Waals surface area contributed by atoms with Crippen molar-refractivity contribution in [3.8, 4) is 5.88 Å². The quantitative estimate of drug-likeness (QED) is 0.212. The lowest BCUT2D eigenvalue weighted by molar-refractivity contribution is 0.0832. The van der Waals surface area contributed by atoms with Crippen molar-refractivity contribution in [3.63, 3.8) is 0 Å². The van der Waals surface area contributed by atoms with Gasteiger partial charge >= 0.3 is 0 Å². The highest BCUT2D eigenvalue weighted by molar-refractivity contribution is 7.89. The molecule has 4 heterocycles. The molecule has 0 spiro atoms. The first-order chi connectivity index (χ1) is 22.9. The Kier molecular flexibility index (Phi) is 9.60. The van der Waals surface area contributed by atoms with Gasteiger partial charge in [-0.3, -0.25) is 4.90 Å². The van der Waals surface area contributed by atoms with E-state index in [0.717, 1.165) is 44.0 Å². The van der Waals surface area contributed by atoms with E-state index in [9.17, 15) is 13.5 Å². The zero-order valence-corrected chi connectivity index (χ0v) is 27.6. The number of anilines is 1. The second-order valence-corrected chi connectivity index (χ2v) is 14.5. The van der Waals surface area contributed by atoms with Gasteiger partial charge in [0.1, 0.15) is 0 Å². The molecule has 0 aliphatic carbocycles. The van der Waals surface area contributed by atoms with Crippen LogP contribution in [-0.2, 0) is 14.8 Å². The third-order valence-electron chi connectivity index (χ3n) is 9.65. The number of fused-ring (bicyclic) bond motifs is 1. The van der Waals surface area contributed by atoms with E-state index in [4.69, 9.17) is 9.73 Å². The van der Waals surface area contributed by atoms with Crippen LogP contribution < -0.4 is 9.62 Å². The number of benzene rings is 3. The van der Waals surface area contributed by atoms with Crippen molar-refractivity contribution in [1.29, 1.82) is 0 Å². The van der Waals surface area contributed by atoms with E-state index in [1.54, 1.807) is 18.2 Å². The Morgan fingerprint density at radius 3 is 2.26 bits per heavy atom. The van der Waals surface area contributed by atoms with Crippen LogP contribution in [0.1, 0.15) is 36.8 Å². The van der Waals surface area contributed by atoms with Crippen LogP contribution in [-0.4, -0.2) is 106 Å². The molecule has 10 nitrogen and oxygen atoms in total. The van der Waals surface area contributed by atoms with E-state index in [0.29, 0.717) is 48.2 Å². The Morgan fingerprint density at radius 2 is 1.55 bits per heavy atom. The summed E-state index contributed by atoms with van der Waals surface area (Å²) >= 11 is 0. The van der Waals surface area contributed by atoms with Crippen molar-refractivity contribution in [1.82, 2.24) is 19.5 Å². The van der Waals surface area contributed by atoms with Crippen LogP contribution in [0.25, 0.3) is 10.9 Å². The average Bonchev–Trinajstić information content (AvgIpc) is 3.74. The van der Waals surface area contributed by atoms with Crippen LogP contribution >= 0.6 is 0 Å². The van der Waals surface area contributed by atoms with E-state index in [-0.39, 0.29) is 16.8 Å². The number of aromatic hydroxyl groups is 1. The van der Waals surface area contributed by atoms with Gasteiger partial charge in [0.2, 0.25) is 10.0 Å². The molecule has 3 fully saturated rings. The minimum atomic E-state index is -3.79. The van der Waals surface area contributed by atoms with Gasteiger partial charge in [0.25, 0.3) is 0 Å². The van der Waals surface area contributed by atoms with Gasteiger partial charge in [-0.15, -0.1) is 0 Å². The zero-order chi connectivity index (χ0) is 32.2. The number of nitrogens with zero attached hydrogens (tertiary/aromatic N) is 4. The first-order valence-corrected chi connectivity index (χ1v) is 18.3. The smallest absolute Gasteiger partial charge is 0.240 e. The predicted molar refractivity (Wildman–Crippen MR) is 187 cm³/mol. The number of aliphatic imine (C=N–C) groups is 1. The van der Waals surface area contributed by atoms with Crippen molar-refractivity contribution in [2.45, 2.75) is 36.6 Å². The first kappa shape index (κ1) is 31.8. The Bertz CT molecular complexity index is 1790. The summed E-state index contributed by atoms with van der Waals surface area (Å²) in [7, 11) is -3.79. The maximum absolute atomic E-state index is 13.4. The largest absolute Gasteiger partial charge is 0.494 e. The van der Waals surface area contributed by atoms with Crippen molar-refractivity contribution < 1.29 is 18.3 Å². The summed E-state index contributed by atoms with van der Waals surface area (Å²) in [6.45, 7) is 10.0. The maximum atomic E-state index is 13.4. The highest BCUT2D eigenvalue weighted by Crippen LogP contribution is 2.33. The summed E-state index contributed by atoms with van der Waals surface area (Å²) in [5.74, 6) is -0.0613. The standard InChI is InChI=1S/C36H44N6O4S/c43-36-34(32-26-31(12-13-33(32)38-36)47(44,45)39-29-14-24-46-25-15-29)35(27-6-2-1-3-7-27)37-28-8-10-30(11-9-28)42-22-20-41(21-23-42)19-18-40-16-4-5-17-40/h1-3,6-13,26,29,38-39,43H,4-5,14-25H2. The number of nitrogens with one attached hydrogen (secondary N) is 2. The van der Waals surface area contributed by atoms with Gasteiger partial charge < -0.3 is 24.6 Å². The number of piperazine rings is 1. The van der Waals surface area contributed by atoms with Gasteiger partial charge in [-0.1, -0.05) is 30.3 Å². The fraction of sp³-hybridized carbons (Fsp3) is 0.417. The molecule has 3 aliphatic heterocycles. The third kappa shape index (κ3) is 7.39. The Morgan fingerprint density at radius 1 is 0.872 bits per heavy atom. The molecule has 248 valence electrons. The molecule has 4 aromatic rings. The van der Waals surface area contributed by atoms with E-state index in [2.05, 4.69) is 36.5 Å². The minimum absolute atomic E-state index is 0.0613. The van der Waals surface area contributed by atoms with Gasteiger partial charge in [0, 0.05) is 80.7 Å². The highest BCUT2D eigenvalue weighted by Gasteiger charge is 2.25. The van der Waals surface area contributed by atoms with Crippen molar-refractivity contribution in [2.24, 2.45) is 4.99 Å². The SMILES string of the molecule is O=S(=O)(NC1CCOCC1)c1ccc2[nH]c(O)c(C(=Nc3ccc(N4CCN(CCN5CCCC5)CC4)cc3)c3ccccc3)c2c1. The highest BCUT2D eigenvalue weighted by atomic mass is 32.2. The number of aromatic amines is 1. The van der Waals surface area contributed by atoms with Crippen LogP contribution in [0, 0.1) is 0 Å². The normalized spacial score (nSPS) is 19.1. The van der Waals surface area contributed by atoms with Gasteiger partial charge in [0.05, 0.1) is 21.9 Å². The maximum Gasteiger partial charge on any atom is 0.240 e. The fourth-order valence-corrected chi connectivity index (χ4v) is 8.24. The van der Waals surface area contributed by atoms with Gasteiger partial charge in [-0.05, 0) is 81.2 Å². The summed E-state index contributed by atoms with van der Waals surface area (Å²) in [6.07, 6.45) is 3.94. The fourth-order valence-electron chi connectivity index (χ4n) is 6.91. The van der Waals surface area contributed by atoms with Crippen molar-refractivity contribution in [2.75, 3.05) is 70.5 Å². The monoisotopic (exact) mass is 656 g/mol. The Hall–Kier alpha value is -3.74. The molecule has 0 radical (unpaired) electrons.